The average molecular weight is 189 g/mol. The van der Waals surface area contributed by atoms with E-state index < -0.39 is 23.9 Å². The van der Waals surface area contributed by atoms with Crippen molar-refractivity contribution in [2.75, 3.05) is 0 Å². The molecule has 2 unspecified atom stereocenters. The first-order valence-electron chi connectivity index (χ1n) is 4.13. The Morgan fingerprint density at radius 1 is 1.31 bits per heavy atom. The molecule has 76 valence electrons. The molecule has 0 amide bonds. The predicted octanol–water partition coefficient (Wildman–Crippen LogP) is 0.289. The minimum absolute atomic E-state index is 0.105. The van der Waals surface area contributed by atoms with E-state index in [2.05, 4.69) is 0 Å². The molecule has 2 atom stereocenters. The van der Waals surface area contributed by atoms with E-state index >= 15 is 0 Å². The molecule has 4 N–H and O–H groups in total. The van der Waals surface area contributed by atoms with Gasteiger partial charge in [-0.25, -0.2) is 0 Å². The fourth-order valence-corrected chi connectivity index (χ4v) is 0.914. The van der Waals surface area contributed by atoms with Crippen LogP contribution in [0.1, 0.15) is 26.2 Å². The Morgan fingerprint density at radius 3 is 2.23 bits per heavy atom. The molecule has 0 aliphatic heterocycles. The van der Waals surface area contributed by atoms with Gasteiger partial charge in [0.1, 0.15) is 0 Å². The Hall–Kier alpha value is -1.10. The number of nitrogens with two attached hydrogens (primary N) is 1. The Bertz CT molecular complexity index is 193. The van der Waals surface area contributed by atoms with Crippen LogP contribution in [0, 0.1) is 5.92 Å². The van der Waals surface area contributed by atoms with Crippen molar-refractivity contribution in [3.8, 4) is 0 Å². The van der Waals surface area contributed by atoms with Crippen molar-refractivity contribution < 1.29 is 19.8 Å². The van der Waals surface area contributed by atoms with Gasteiger partial charge in [-0.05, 0) is 12.8 Å². The van der Waals surface area contributed by atoms with Crippen LogP contribution < -0.4 is 5.73 Å². The molecular weight excluding hydrogens is 174 g/mol. The Labute approximate surface area is 76.5 Å². The van der Waals surface area contributed by atoms with Crippen molar-refractivity contribution in [3.63, 3.8) is 0 Å². The molecule has 0 aromatic heterocycles. The summed E-state index contributed by atoms with van der Waals surface area (Å²) in [5, 5.41) is 16.9. The first-order valence-corrected chi connectivity index (χ1v) is 4.13. The normalized spacial score (nSPS) is 14.9. The monoisotopic (exact) mass is 189 g/mol. The molecule has 0 radical (unpaired) electrons. The van der Waals surface area contributed by atoms with Crippen molar-refractivity contribution in [2.45, 2.75) is 32.2 Å². The molecule has 0 rings (SSSR count). The van der Waals surface area contributed by atoms with E-state index in [-0.39, 0.29) is 6.42 Å². The minimum atomic E-state index is -0.949. The molecule has 0 heterocycles. The van der Waals surface area contributed by atoms with E-state index in [0.29, 0.717) is 12.8 Å². The van der Waals surface area contributed by atoms with Gasteiger partial charge in [-0.1, -0.05) is 6.92 Å². The van der Waals surface area contributed by atoms with Gasteiger partial charge in [0.15, 0.2) is 0 Å². The van der Waals surface area contributed by atoms with Crippen LogP contribution in [-0.4, -0.2) is 28.2 Å². The highest BCUT2D eigenvalue weighted by molar-refractivity contribution is 5.69. The lowest BCUT2D eigenvalue weighted by molar-refractivity contribution is -0.141. The molecule has 0 spiro atoms. The van der Waals surface area contributed by atoms with Crippen molar-refractivity contribution in [3.05, 3.63) is 0 Å². The van der Waals surface area contributed by atoms with Crippen molar-refractivity contribution >= 4 is 11.9 Å². The second-order valence-corrected chi connectivity index (χ2v) is 3.17. The second-order valence-electron chi connectivity index (χ2n) is 3.17. The van der Waals surface area contributed by atoms with E-state index in [0.717, 1.165) is 0 Å². The predicted molar refractivity (Wildman–Crippen MR) is 46.3 cm³/mol. The van der Waals surface area contributed by atoms with Crippen LogP contribution in [0.15, 0.2) is 0 Å². The molecule has 0 saturated heterocycles. The fourth-order valence-electron chi connectivity index (χ4n) is 0.914. The van der Waals surface area contributed by atoms with Crippen LogP contribution in [0.3, 0.4) is 0 Å². The van der Waals surface area contributed by atoms with E-state index in [9.17, 15) is 9.59 Å². The number of carboxylic acid groups (broad SMARTS) is 2. The number of hydrogen-bond acceptors (Lipinski definition) is 3. The molecule has 13 heavy (non-hydrogen) atoms. The van der Waals surface area contributed by atoms with Crippen molar-refractivity contribution in [1.82, 2.24) is 0 Å². The van der Waals surface area contributed by atoms with Crippen molar-refractivity contribution in [1.29, 1.82) is 0 Å². The van der Waals surface area contributed by atoms with Gasteiger partial charge in [0.2, 0.25) is 0 Å². The van der Waals surface area contributed by atoms with Gasteiger partial charge in [-0.3, -0.25) is 9.59 Å². The molecule has 0 aliphatic carbocycles. The zero-order chi connectivity index (χ0) is 10.4. The lowest BCUT2D eigenvalue weighted by Gasteiger charge is -2.10. The molecule has 0 bridgehead atoms. The highest BCUT2D eigenvalue weighted by Crippen LogP contribution is 2.08. The third-order valence-corrected chi connectivity index (χ3v) is 1.83. The second kappa shape index (κ2) is 5.53. The summed E-state index contributed by atoms with van der Waals surface area (Å²) >= 11 is 0. The average Bonchev–Trinajstić information content (AvgIpc) is 1.98. The highest BCUT2D eigenvalue weighted by Gasteiger charge is 2.14. The summed E-state index contributed by atoms with van der Waals surface area (Å²) in [4.78, 5) is 20.6. The molecule has 0 fully saturated rings. The molecular formula is C8H15NO4. The van der Waals surface area contributed by atoms with E-state index in [1.54, 1.807) is 6.92 Å². The van der Waals surface area contributed by atoms with Crippen LogP contribution in [-0.2, 0) is 9.59 Å². The largest absolute Gasteiger partial charge is 0.481 e. The molecule has 5 heteroatoms. The zero-order valence-electron chi connectivity index (χ0n) is 7.56. The van der Waals surface area contributed by atoms with Gasteiger partial charge in [-0.15, -0.1) is 0 Å². The SMILES string of the molecule is CC(CCC(N)CC(=O)O)C(=O)O. The first kappa shape index (κ1) is 11.9. The maximum absolute atomic E-state index is 10.4. The smallest absolute Gasteiger partial charge is 0.306 e. The summed E-state index contributed by atoms with van der Waals surface area (Å²) in [7, 11) is 0. The molecule has 0 aromatic carbocycles. The van der Waals surface area contributed by atoms with Crippen LogP contribution in [0.25, 0.3) is 0 Å². The number of rotatable bonds is 6. The van der Waals surface area contributed by atoms with E-state index in [1.807, 2.05) is 0 Å². The van der Waals surface area contributed by atoms with E-state index in [1.165, 1.54) is 0 Å². The molecule has 5 nitrogen and oxygen atoms in total. The van der Waals surface area contributed by atoms with Crippen LogP contribution in [0.4, 0.5) is 0 Å². The van der Waals surface area contributed by atoms with Gasteiger partial charge < -0.3 is 15.9 Å². The summed E-state index contributed by atoms with van der Waals surface area (Å²) in [5.74, 6) is -2.28. The first-order chi connectivity index (χ1) is 5.93. The van der Waals surface area contributed by atoms with E-state index in [4.69, 9.17) is 15.9 Å². The fraction of sp³-hybridized carbons (Fsp3) is 0.750. The zero-order valence-corrected chi connectivity index (χ0v) is 7.56. The third kappa shape index (κ3) is 6.10. The van der Waals surface area contributed by atoms with Gasteiger partial charge in [0, 0.05) is 6.04 Å². The molecule has 0 aliphatic rings. The topological polar surface area (TPSA) is 101 Å². The highest BCUT2D eigenvalue weighted by atomic mass is 16.4. The molecule has 0 aromatic rings. The van der Waals surface area contributed by atoms with Crippen LogP contribution in [0.2, 0.25) is 0 Å². The Morgan fingerprint density at radius 2 is 1.85 bits per heavy atom. The third-order valence-electron chi connectivity index (χ3n) is 1.83. The van der Waals surface area contributed by atoms with Crippen LogP contribution in [0.5, 0.6) is 0 Å². The lowest BCUT2D eigenvalue weighted by Crippen LogP contribution is -2.25. The number of carboxylic acids is 2. The summed E-state index contributed by atoms with van der Waals surface area (Å²) < 4.78 is 0. The summed E-state index contributed by atoms with van der Waals surface area (Å²) in [6, 6.07) is -0.445. The quantitative estimate of drug-likeness (QED) is 0.557. The Kier molecular flexibility index (Phi) is 5.06. The lowest BCUT2D eigenvalue weighted by atomic mass is 10.0. The van der Waals surface area contributed by atoms with Crippen LogP contribution >= 0.6 is 0 Å². The number of hydrogen-bond donors (Lipinski definition) is 3. The number of aliphatic carboxylic acids is 2. The number of carbonyl (C=O) groups is 2. The van der Waals surface area contributed by atoms with Crippen molar-refractivity contribution in [2.24, 2.45) is 11.7 Å². The van der Waals surface area contributed by atoms with Gasteiger partial charge in [0.25, 0.3) is 0 Å². The maximum Gasteiger partial charge on any atom is 0.306 e. The maximum atomic E-state index is 10.4. The Balaban J connectivity index is 3.63. The molecule has 0 saturated carbocycles. The summed E-state index contributed by atoms with van der Waals surface area (Å²) in [6.45, 7) is 1.58. The van der Waals surface area contributed by atoms with Gasteiger partial charge in [-0.2, -0.15) is 0 Å². The summed E-state index contributed by atoms with van der Waals surface area (Å²) in [5.41, 5.74) is 5.45. The van der Waals surface area contributed by atoms with Gasteiger partial charge >= 0.3 is 11.9 Å². The van der Waals surface area contributed by atoms with Gasteiger partial charge in [0.05, 0.1) is 12.3 Å². The minimum Gasteiger partial charge on any atom is -0.481 e. The summed E-state index contributed by atoms with van der Waals surface area (Å²) in [6.07, 6.45) is 0.746. The standard InChI is InChI=1S/C8H15NO4/c1-5(8(12)13)2-3-6(9)4-7(10)11/h5-6H,2-4,9H2,1H3,(H,10,11)(H,12,13).